The van der Waals surface area contributed by atoms with E-state index in [1.165, 1.54) is 34.9 Å². The van der Waals surface area contributed by atoms with E-state index in [1.54, 1.807) is 0 Å². The van der Waals surface area contributed by atoms with Crippen molar-refractivity contribution in [3.63, 3.8) is 0 Å². The van der Waals surface area contributed by atoms with Gasteiger partial charge in [-0.1, -0.05) is 25.1 Å². The first-order valence-electron chi connectivity index (χ1n) is 6.46. The quantitative estimate of drug-likeness (QED) is 0.855. The summed E-state index contributed by atoms with van der Waals surface area (Å²) in [6.07, 6.45) is 3.71. The molecule has 17 heavy (non-hydrogen) atoms. The smallest absolute Gasteiger partial charge is 0.0345 e. The fraction of sp³-hybridized carbons (Fsp3) is 0.467. The van der Waals surface area contributed by atoms with Gasteiger partial charge < -0.3 is 5.73 Å². The molecule has 1 aliphatic carbocycles. The second-order valence-electron chi connectivity index (χ2n) is 5.32. The number of hydrogen-bond acceptors (Lipinski definition) is 2. The second kappa shape index (κ2) is 4.43. The van der Waals surface area contributed by atoms with Gasteiger partial charge in [0.25, 0.3) is 0 Å². The van der Waals surface area contributed by atoms with Crippen molar-refractivity contribution in [1.29, 1.82) is 0 Å². The molecule has 3 rings (SSSR count). The molecule has 2 heteroatoms. The van der Waals surface area contributed by atoms with E-state index in [4.69, 9.17) is 5.73 Å². The Morgan fingerprint density at radius 3 is 2.88 bits per heavy atom. The lowest BCUT2D eigenvalue weighted by molar-refractivity contribution is 0.391. The molecule has 0 spiro atoms. The first kappa shape index (κ1) is 11.2. The Labute approximate surface area is 107 Å². The van der Waals surface area contributed by atoms with Crippen LogP contribution >= 0.6 is 11.3 Å². The number of fused-ring (bicyclic) bond motifs is 1. The largest absolute Gasteiger partial charge is 0.327 e. The highest BCUT2D eigenvalue weighted by molar-refractivity contribution is 7.17. The molecule has 0 saturated heterocycles. The maximum Gasteiger partial charge on any atom is 0.0345 e. The lowest BCUT2D eigenvalue weighted by atomic mass is 9.90. The maximum atomic E-state index is 6.11. The summed E-state index contributed by atoms with van der Waals surface area (Å²) >= 11 is 1.87. The first-order chi connectivity index (χ1) is 8.25. The Hall–Kier alpha value is -0.860. The molecular formula is C15H19NS. The first-order valence-corrected chi connectivity index (χ1v) is 7.34. The van der Waals surface area contributed by atoms with Crippen LogP contribution in [0.15, 0.2) is 29.6 Å². The Morgan fingerprint density at radius 1 is 1.29 bits per heavy atom. The molecule has 1 aliphatic rings. The molecule has 0 aliphatic heterocycles. The van der Waals surface area contributed by atoms with Gasteiger partial charge in [-0.25, -0.2) is 0 Å². The van der Waals surface area contributed by atoms with Crippen LogP contribution in [-0.4, -0.2) is 6.04 Å². The predicted octanol–water partition coefficient (Wildman–Crippen LogP) is 3.82. The average Bonchev–Trinajstić information content (AvgIpc) is 2.89. The van der Waals surface area contributed by atoms with Crippen molar-refractivity contribution in [3.8, 4) is 0 Å². The molecule has 1 saturated carbocycles. The standard InChI is InChI=1S/C15H19NS/c1-10-11(6-7-14(10)16)8-12-9-17-15-5-3-2-4-13(12)15/h2-5,9-11,14H,6-8,16H2,1H3. The van der Waals surface area contributed by atoms with E-state index in [0.29, 0.717) is 12.0 Å². The van der Waals surface area contributed by atoms with Crippen LogP contribution in [0.5, 0.6) is 0 Å². The SMILES string of the molecule is CC1C(N)CCC1Cc1csc2ccccc12. The zero-order chi connectivity index (χ0) is 11.8. The molecule has 1 fully saturated rings. The third-order valence-electron chi connectivity index (χ3n) is 4.33. The lowest BCUT2D eigenvalue weighted by Crippen LogP contribution is -2.25. The van der Waals surface area contributed by atoms with E-state index >= 15 is 0 Å². The fourth-order valence-electron chi connectivity index (χ4n) is 3.04. The zero-order valence-electron chi connectivity index (χ0n) is 10.2. The summed E-state index contributed by atoms with van der Waals surface area (Å²) in [4.78, 5) is 0. The van der Waals surface area contributed by atoms with E-state index in [0.717, 1.165) is 5.92 Å². The van der Waals surface area contributed by atoms with Gasteiger partial charge in [0, 0.05) is 10.7 Å². The van der Waals surface area contributed by atoms with Crippen molar-refractivity contribution in [1.82, 2.24) is 0 Å². The van der Waals surface area contributed by atoms with Crippen LogP contribution in [0.4, 0.5) is 0 Å². The molecule has 0 amide bonds. The Balaban J connectivity index is 1.86. The van der Waals surface area contributed by atoms with Gasteiger partial charge >= 0.3 is 0 Å². The van der Waals surface area contributed by atoms with Gasteiger partial charge in [-0.3, -0.25) is 0 Å². The molecular weight excluding hydrogens is 226 g/mol. The Kier molecular flexibility index (Phi) is 2.93. The normalized spacial score (nSPS) is 28.9. The highest BCUT2D eigenvalue weighted by Crippen LogP contribution is 2.36. The molecule has 3 unspecified atom stereocenters. The van der Waals surface area contributed by atoms with Crippen molar-refractivity contribution in [2.75, 3.05) is 0 Å². The van der Waals surface area contributed by atoms with Gasteiger partial charge in [0.2, 0.25) is 0 Å². The third-order valence-corrected chi connectivity index (χ3v) is 5.35. The fourth-order valence-corrected chi connectivity index (χ4v) is 4.02. The molecule has 2 N–H and O–H groups in total. The van der Waals surface area contributed by atoms with Crippen molar-refractivity contribution >= 4 is 21.4 Å². The molecule has 1 aromatic carbocycles. The summed E-state index contributed by atoms with van der Waals surface area (Å²) in [6.45, 7) is 2.32. The van der Waals surface area contributed by atoms with Crippen LogP contribution in [0.2, 0.25) is 0 Å². The van der Waals surface area contributed by atoms with E-state index in [9.17, 15) is 0 Å². The summed E-state index contributed by atoms with van der Waals surface area (Å²) in [7, 11) is 0. The molecule has 1 heterocycles. The van der Waals surface area contributed by atoms with Crippen molar-refractivity contribution in [2.24, 2.45) is 17.6 Å². The summed E-state index contributed by atoms with van der Waals surface area (Å²) in [6, 6.07) is 9.15. The molecule has 3 atom stereocenters. The molecule has 0 bridgehead atoms. The van der Waals surface area contributed by atoms with Crippen molar-refractivity contribution in [3.05, 3.63) is 35.2 Å². The van der Waals surface area contributed by atoms with Crippen molar-refractivity contribution in [2.45, 2.75) is 32.2 Å². The van der Waals surface area contributed by atoms with Gasteiger partial charge in [-0.15, -0.1) is 11.3 Å². The second-order valence-corrected chi connectivity index (χ2v) is 6.23. The van der Waals surface area contributed by atoms with Crippen LogP contribution in [-0.2, 0) is 6.42 Å². The van der Waals surface area contributed by atoms with Gasteiger partial charge in [-0.2, -0.15) is 0 Å². The average molecular weight is 245 g/mol. The van der Waals surface area contributed by atoms with Crippen LogP contribution in [0.3, 0.4) is 0 Å². The summed E-state index contributed by atoms with van der Waals surface area (Å²) < 4.78 is 1.41. The molecule has 1 nitrogen and oxygen atoms in total. The van der Waals surface area contributed by atoms with Gasteiger partial charge in [-0.05, 0) is 53.5 Å². The minimum atomic E-state index is 0.421. The number of benzene rings is 1. The number of hydrogen-bond donors (Lipinski definition) is 1. The monoisotopic (exact) mass is 245 g/mol. The van der Waals surface area contributed by atoms with Crippen LogP contribution in [0.25, 0.3) is 10.1 Å². The molecule has 1 aromatic heterocycles. The van der Waals surface area contributed by atoms with Gasteiger partial charge in [0.05, 0.1) is 0 Å². The van der Waals surface area contributed by atoms with E-state index < -0.39 is 0 Å². The third kappa shape index (κ3) is 2.00. The summed E-state index contributed by atoms with van der Waals surface area (Å²) in [5, 5.41) is 3.78. The zero-order valence-corrected chi connectivity index (χ0v) is 11.0. The summed E-state index contributed by atoms with van der Waals surface area (Å²) in [5.41, 5.74) is 7.64. The van der Waals surface area contributed by atoms with E-state index in [1.807, 2.05) is 11.3 Å². The lowest BCUT2D eigenvalue weighted by Gasteiger charge is -2.17. The van der Waals surface area contributed by atoms with Gasteiger partial charge in [0.15, 0.2) is 0 Å². The molecule has 90 valence electrons. The Morgan fingerprint density at radius 2 is 2.12 bits per heavy atom. The minimum Gasteiger partial charge on any atom is -0.327 e. The molecule has 2 aromatic rings. The topological polar surface area (TPSA) is 26.0 Å². The van der Waals surface area contributed by atoms with E-state index in [2.05, 4.69) is 36.6 Å². The van der Waals surface area contributed by atoms with Gasteiger partial charge in [0.1, 0.15) is 0 Å². The number of rotatable bonds is 2. The minimum absolute atomic E-state index is 0.421. The number of thiophene rings is 1. The maximum absolute atomic E-state index is 6.11. The molecule has 0 radical (unpaired) electrons. The van der Waals surface area contributed by atoms with Crippen LogP contribution in [0, 0.1) is 11.8 Å². The van der Waals surface area contributed by atoms with Crippen LogP contribution in [0.1, 0.15) is 25.3 Å². The van der Waals surface area contributed by atoms with E-state index in [-0.39, 0.29) is 0 Å². The highest BCUT2D eigenvalue weighted by Gasteiger charge is 2.30. The number of nitrogens with two attached hydrogens (primary N) is 1. The summed E-state index contributed by atoms with van der Waals surface area (Å²) in [5.74, 6) is 1.46. The van der Waals surface area contributed by atoms with Crippen molar-refractivity contribution < 1.29 is 0 Å². The predicted molar refractivity (Wildman–Crippen MR) is 75.4 cm³/mol. The highest BCUT2D eigenvalue weighted by atomic mass is 32.1. The Bertz CT molecular complexity index is 516. The van der Waals surface area contributed by atoms with Crippen LogP contribution < -0.4 is 5.73 Å².